The van der Waals surface area contributed by atoms with Gasteiger partial charge in [0, 0.05) is 0 Å². The molecule has 4 aromatic carbocycles. The highest BCUT2D eigenvalue weighted by Gasteiger charge is 2.31. The molecule has 5 saturated carbocycles. The van der Waals surface area contributed by atoms with Gasteiger partial charge in [-0.2, -0.15) is 21.0 Å². The molecule has 4 aromatic rings. The third-order valence-corrected chi connectivity index (χ3v) is 20.8. The Morgan fingerprint density at radius 1 is 0.256 bits per heavy atom. The molecule has 5 fully saturated rings. The maximum absolute atomic E-state index is 8.95. The van der Waals surface area contributed by atoms with Crippen LogP contribution in [0.4, 0.5) is 0 Å². The summed E-state index contributed by atoms with van der Waals surface area (Å²) < 4.78 is 0. The summed E-state index contributed by atoms with van der Waals surface area (Å²) >= 11 is 0. The van der Waals surface area contributed by atoms with Crippen LogP contribution < -0.4 is 0 Å². The first-order valence-electron chi connectivity index (χ1n) is 34.3. The van der Waals surface area contributed by atoms with E-state index >= 15 is 0 Å². The van der Waals surface area contributed by atoms with Gasteiger partial charge in [-0.15, -0.1) is 0 Å². The van der Waals surface area contributed by atoms with Crippen LogP contribution in [0.2, 0.25) is 0 Å². The maximum atomic E-state index is 8.95. The van der Waals surface area contributed by atoms with E-state index in [0.29, 0.717) is 0 Å². The third kappa shape index (κ3) is 27.1. The standard InChI is InChI=1S/C24H35N.C20H29N.C18H25N.C16H21N.4CH4/c1-2-3-4-5-19-6-10-21(11-7-19)23-14-16-24(17-15-23)22-12-8-20(18-25)9-13-22;1-2-3-4-5-6-7-17-8-12-19(13-9-17)20-14-10-18(16-21)11-15-20;1-2-3-4-5-15-6-10-17(11-7-15)18-12-8-16(14-19)9-13-18;1-2-3-13-4-8-15(9-5-13)16-10-6-14(12-17)7-11-16;;;;/h8-9,12-13,19,21,23-24H,2-7,10-11,14-17H2,1H3;10-11,14-15,17,19H,2-9,12-13H2,1H3;8-9,12-13,15,17H,2-7,10-11H2,1H3;6-7,10-11,13,15H,2-5,8-9H2,1H3;4*1H4. The lowest BCUT2D eigenvalue weighted by Crippen LogP contribution is -2.25. The van der Waals surface area contributed by atoms with Crippen LogP contribution in [0.1, 0.15) is 357 Å². The van der Waals surface area contributed by atoms with E-state index in [9.17, 15) is 0 Å². The largest absolute Gasteiger partial charge is 0.192 e. The smallest absolute Gasteiger partial charge is 0.0991 e. The lowest BCUT2D eigenvalue weighted by molar-refractivity contribution is 0.155. The predicted octanol–water partition coefficient (Wildman–Crippen LogP) is 26.0. The fourth-order valence-corrected chi connectivity index (χ4v) is 15.4. The van der Waals surface area contributed by atoms with Crippen LogP contribution in [0.5, 0.6) is 0 Å². The van der Waals surface area contributed by atoms with Gasteiger partial charge in [0.15, 0.2) is 0 Å². The molecule has 0 spiro atoms. The van der Waals surface area contributed by atoms with Gasteiger partial charge >= 0.3 is 0 Å². The molecule has 0 radical (unpaired) electrons. The fraction of sp³-hybridized carbons (Fsp3) is 0.659. The van der Waals surface area contributed by atoms with E-state index in [1.807, 2.05) is 48.5 Å². The van der Waals surface area contributed by atoms with Gasteiger partial charge in [0.05, 0.1) is 46.5 Å². The van der Waals surface area contributed by atoms with Crippen molar-refractivity contribution in [1.82, 2.24) is 0 Å². The summed E-state index contributed by atoms with van der Waals surface area (Å²) in [5.41, 5.74) is 8.87. The highest BCUT2D eigenvalue weighted by atomic mass is 14.4. The van der Waals surface area contributed by atoms with E-state index in [0.717, 1.165) is 81.4 Å². The Morgan fingerprint density at radius 3 is 0.721 bits per heavy atom. The van der Waals surface area contributed by atoms with E-state index in [-0.39, 0.29) is 29.7 Å². The first-order valence-corrected chi connectivity index (χ1v) is 34.3. The lowest BCUT2D eigenvalue weighted by Gasteiger charge is -2.38. The molecule has 4 nitrogen and oxygen atoms in total. The van der Waals surface area contributed by atoms with Crippen molar-refractivity contribution in [2.75, 3.05) is 0 Å². The Kier molecular flexibility index (Phi) is 40.4. The quantitative estimate of drug-likeness (QED) is 0.0777. The Bertz CT molecular complexity index is 2460. The Morgan fingerprint density at radius 2 is 0.465 bits per heavy atom. The molecule has 0 bridgehead atoms. The number of benzene rings is 4. The van der Waals surface area contributed by atoms with Gasteiger partial charge < -0.3 is 0 Å². The molecular formula is C82H126N4. The van der Waals surface area contributed by atoms with Crippen molar-refractivity contribution >= 4 is 0 Å². The zero-order valence-electron chi connectivity index (χ0n) is 52.3. The van der Waals surface area contributed by atoms with E-state index < -0.39 is 0 Å². The van der Waals surface area contributed by atoms with Gasteiger partial charge in [-0.3, -0.25) is 0 Å². The molecule has 0 unspecified atom stereocenters. The van der Waals surface area contributed by atoms with Crippen LogP contribution in [0, 0.1) is 80.8 Å². The van der Waals surface area contributed by atoms with Crippen LogP contribution >= 0.6 is 0 Å². The molecule has 0 heterocycles. The molecule has 5 aliphatic rings. The van der Waals surface area contributed by atoms with Gasteiger partial charge in [0.2, 0.25) is 0 Å². The summed E-state index contributed by atoms with van der Waals surface area (Å²) in [6.45, 7) is 9.16. The molecule has 86 heavy (non-hydrogen) atoms. The number of hydrogen-bond acceptors (Lipinski definition) is 4. The minimum Gasteiger partial charge on any atom is -0.192 e. The normalized spacial score (nSPS) is 23.9. The van der Waals surface area contributed by atoms with Crippen LogP contribution in [-0.4, -0.2) is 0 Å². The molecule has 5 aliphatic carbocycles. The van der Waals surface area contributed by atoms with Gasteiger partial charge in [0.25, 0.3) is 0 Å². The number of nitriles is 4. The second-order valence-electron chi connectivity index (χ2n) is 26.5. The number of unbranched alkanes of at least 4 members (excludes halogenated alkanes) is 8. The predicted molar refractivity (Wildman–Crippen MR) is 372 cm³/mol. The summed E-state index contributed by atoms with van der Waals surface area (Å²) in [5.74, 6) is 8.89. The third-order valence-electron chi connectivity index (χ3n) is 20.8. The zero-order chi connectivity index (χ0) is 58.0. The van der Waals surface area contributed by atoms with Gasteiger partial charge in [-0.25, -0.2) is 0 Å². The summed E-state index contributed by atoms with van der Waals surface area (Å²) in [6.07, 6.45) is 50.5. The number of hydrogen-bond donors (Lipinski definition) is 0. The highest BCUT2D eigenvalue weighted by Crippen LogP contribution is 2.45. The number of rotatable bonds is 21. The Hall–Kier alpha value is -5.16. The summed E-state index contributed by atoms with van der Waals surface area (Å²) in [7, 11) is 0. The first kappa shape index (κ1) is 76.9. The topological polar surface area (TPSA) is 95.2 Å². The molecular weight excluding hydrogens is 1040 g/mol. The van der Waals surface area contributed by atoms with Crippen LogP contribution in [0.15, 0.2) is 97.1 Å². The van der Waals surface area contributed by atoms with Crippen LogP contribution in [0.25, 0.3) is 0 Å². The van der Waals surface area contributed by atoms with Crippen molar-refractivity contribution in [2.24, 2.45) is 35.5 Å². The van der Waals surface area contributed by atoms with Crippen molar-refractivity contribution in [3.63, 3.8) is 0 Å². The average molecular weight is 1170 g/mol. The van der Waals surface area contributed by atoms with Crippen molar-refractivity contribution in [2.45, 2.75) is 312 Å². The van der Waals surface area contributed by atoms with Crippen LogP contribution in [-0.2, 0) is 0 Å². The van der Waals surface area contributed by atoms with E-state index in [4.69, 9.17) is 21.0 Å². The molecule has 9 rings (SSSR count). The van der Waals surface area contributed by atoms with E-state index in [2.05, 4.69) is 101 Å². The monoisotopic (exact) mass is 1170 g/mol. The molecule has 0 saturated heterocycles. The molecule has 0 atom stereocenters. The van der Waals surface area contributed by atoms with E-state index in [1.54, 1.807) is 0 Å². The minimum absolute atomic E-state index is 0. The summed E-state index contributed by atoms with van der Waals surface area (Å²) in [5, 5.41) is 35.4. The first-order chi connectivity index (χ1) is 40.3. The number of nitrogens with zero attached hydrogens (tertiary/aromatic N) is 4. The fourth-order valence-electron chi connectivity index (χ4n) is 15.4. The lowest BCUT2D eigenvalue weighted by atomic mass is 9.68. The molecule has 0 amide bonds. The van der Waals surface area contributed by atoms with Gasteiger partial charge in [0.1, 0.15) is 0 Å². The van der Waals surface area contributed by atoms with Crippen LogP contribution in [0.3, 0.4) is 0 Å². The second-order valence-corrected chi connectivity index (χ2v) is 26.5. The molecule has 474 valence electrons. The second kappa shape index (κ2) is 45.2. The van der Waals surface area contributed by atoms with Crippen molar-refractivity contribution in [1.29, 1.82) is 21.0 Å². The van der Waals surface area contributed by atoms with Crippen molar-refractivity contribution in [3.05, 3.63) is 142 Å². The summed E-state index contributed by atoms with van der Waals surface area (Å²) in [6, 6.07) is 41.8. The van der Waals surface area contributed by atoms with Crippen molar-refractivity contribution in [3.8, 4) is 24.3 Å². The van der Waals surface area contributed by atoms with Gasteiger partial charge in [-0.1, -0.05) is 222 Å². The molecule has 0 N–H and O–H groups in total. The highest BCUT2D eigenvalue weighted by molar-refractivity contribution is 5.36. The summed E-state index contributed by atoms with van der Waals surface area (Å²) in [4.78, 5) is 0. The Labute approximate surface area is 531 Å². The SMILES string of the molecule is C.C.C.C.CCCC1CCC(c2ccc(C#N)cc2)CC1.CCCCCC1CCC(C2CCC(c3ccc(C#N)cc3)CC2)CC1.CCCCCC1CCC(c2ccc(C#N)cc2)CC1.CCCCCCCC1CCC(c2ccc(C#N)cc2)CC1. The minimum atomic E-state index is 0. The Balaban J connectivity index is 0.000000389. The van der Waals surface area contributed by atoms with E-state index in [1.165, 1.54) is 253 Å². The average Bonchev–Trinajstić information content (AvgIpc) is 3.72. The molecule has 0 aliphatic heterocycles. The van der Waals surface area contributed by atoms with Gasteiger partial charge in [-0.05, 0) is 246 Å². The molecule has 4 heteroatoms. The molecule has 0 aromatic heterocycles. The maximum Gasteiger partial charge on any atom is 0.0991 e. The van der Waals surface area contributed by atoms with Crippen molar-refractivity contribution < 1.29 is 0 Å². The zero-order valence-corrected chi connectivity index (χ0v) is 52.3.